The average Bonchev–Trinajstić information content (AvgIpc) is 2.29. The molecule has 0 saturated heterocycles. The minimum Gasteiger partial charge on any atom is -0.449 e. The predicted molar refractivity (Wildman–Crippen MR) is 65.9 cm³/mol. The van der Waals surface area contributed by atoms with Crippen LogP contribution in [0.15, 0.2) is 23.3 Å². The molecule has 0 aliphatic heterocycles. The Kier molecular flexibility index (Phi) is 5.06. The Morgan fingerprint density at radius 1 is 1.67 bits per heavy atom. The van der Waals surface area contributed by atoms with Gasteiger partial charge in [-0.25, -0.2) is 10.2 Å². The summed E-state index contributed by atoms with van der Waals surface area (Å²) >= 11 is 5.72. The van der Waals surface area contributed by atoms with Crippen LogP contribution in [-0.4, -0.2) is 23.8 Å². The molecule has 1 rings (SSSR count). The largest absolute Gasteiger partial charge is 0.449 e. The molecule has 0 unspecified atom stereocenters. The monoisotopic (exact) mass is 271 g/mol. The lowest BCUT2D eigenvalue weighted by atomic mass is 10.2. The van der Waals surface area contributed by atoms with Crippen LogP contribution in [0.3, 0.4) is 0 Å². The Morgan fingerprint density at radius 2 is 2.39 bits per heavy atom. The molecular weight excluding hydrogens is 262 g/mol. The summed E-state index contributed by atoms with van der Waals surface area (Å²) < 4.78 is 4.56. The third-order valence-corrected chi connectivity index (χ3v) is 2.06. The molecule has 7 nitrogen and oxygen atoms in total. The van der Waals surface area contributed by atoms with E-state index in [0.717, 1.165) is 6.21 Å². The van der Waals surface area contributed by atoms with Crippen LogP contribution in [0.4, 0.5) is 10.5 Å². The first-order chi connectivity index (χ1) is 8.54. The number of ether oxygens (including phenoxy) is 1. The summed E-state index contributed by atoms with van der Waals surface area (Å²) in [7, 11) is 0. The Balaban J connectivity index is 2.82. The molecule has 8 heteroatoms. The van der Waals surface area contributed by atoms with Gasteiger partial charge >= 0.3 is 6.09 Å². The number of amides is 1. The van der Waals surface area contributed by atoms with E-state index in [1.807, 2.05) is 0 Å². The lowest BCUT2D eigenvalue weighted by Crippen LogP contribution is -2.18. The van der Waals surface area contributed by atoms with Gasteiger partial charge in [0.1, 0.15) is 0 Å². The maximum atomic E-state index is 10.9. The fourth-order valence-electron chi connectivity index (χ4n) is 1.11. The summed E-state index contributed by atoms with van der Waals surface area (Å²) in [5.41, 5.74) is 2.09. The van der Waals surface area contributed by atoms with Crippen LogP contribution in [0, 0.1) is 10.1 Å². The van der Waals surface area contributed by atoms with Crippen molar-refractivity contribution >= 4 is 29.6 Å². The van der Waals surface area contributed by atoms with Crippen molar-refractivity contribution in [2.24, 2.45) is 5.10 Å². The number of nitrogens with one attached hydrogen (secondary N) is 1. The SMILES string of the molecule is CCOC(=O)N/N=C\c1cc(Cl)ccc1[N+](=O)[O-]. The summed E-state index contributed by atoms with van der Waals surface area (Å²) in [5.74, 6) is 0. The molecule has 1 amide bonds. The zero-order valence-electron chi connectivity index (χ0n) is 9.42. The molecule has 0 fully saturated rings. The van der Waals surface area contributed by atoms with Crippen LogP contribution in [0.5, 0.6) is 0 Å². The van der Waals surface area contributed by atoms with Crippen molar-refractivity contribution in [1.82, 2.24) is 5.43 Å². The molecule has 0 aliphatic rings. The Bertz CT molecular complexity index is 490. The van der Waals surface area contributed by atoms with Crippen LogP contribution < -0.4 is 5.43 Å². The molecule has 0 heterocycles. The number of hydrogen-bond acceptors (Lipinski definition) is 5. The maximum absolute atomic E-state index is 10.9. The molecule has 0 radical (unpaired) electrons. The topological polar surface area (TPSA) is 93.8 Å². The van der Waals surface area contributed by atoms with Gasteiger partial charge in [-0.3, -0.25) is 10.1 Å². The van der Waals surface area contributed by atoms with Gasteiger partial charge < -0.3 is 4.74 Å². The van der Waals surface area contributed by atoms with E-state index in [1.54, 1.807) is 6.92 Å². The van der Waals surface area contributed by atoms with Gasteiger partial charge in [-0.2, -0.15) is 5.10 Å². The normalized spacial score (nSPS) is 10.3. The second-order valence-electron chi connectivity index (χ2n) is 3.05. The summed E-state index contributed by atoms with van der Waals surface area (Å²) in [6.45, 7) is 1.85. The number of rotatable bonds is 4. The van der Waals surface area contributed by atoms with Crippen molar-refractivity contribution in [3.8, 4) is 0 Å². The lowest BCUT2D eigenvalue weighted by molar-refractivity contribution is -0.385. The van der Waals surface area contributed by atoms with Crippen LogP contribution in [0.2, 0.25) is 5.02 Å². The second-order valence-corrected chi connectivity index (χ2v) is 3.49. The summed E-state index contributed by atoms with van der Waals surface area (Å²) in [6.07, 6.45) is 0.388. The number of halogens is 1. The summed E-state index contributed by atoms with van der Waals surface area (Å²) in [4.78, 5) is 21.1. The quantitative estimate of drug-likeness (QED) is 0.516. The van der Waals surface area contributed by atoms with Gasteiger partial charge in [0, 0.05) is 11.1 Å². The molecule has 0 spiro atoms. The number of carbonyl (C=O) groups is 1. The van der Waals surface area contributed by atoms with E-state index in [2.05, 4.69) is 15.3 Å². The van der Waals surface area contributed by atoms with E-state index < -0.39 is 11.0 Å². The first-order valence-electron chi connectivity index (χ1n) is 4.94. The molecule has 18 heavy (non-hydrogen) atoms. The average molecular weight is 272 g/mol. The van der Waals surface area contributed by atoms with E-state index in [9.17, 15) is 14.9 Å². The zero-order valence-corrected chi connectivity index (χ0v) is 10.2. The van der Waals surface area contributed by atoms with Crippen molar-refractivity contribution in [1.29, 1.82) is 0 Å². The first-order valence-corrected chi connectivity index (χ1v) is 5.32. The molecule has 0 aromatic heterocycles. The highest BCUT2D eigenvalue weighted by molar-refractivity contribution is 6.31. The fraction of sp³-hybridized carbons (Fsp3) is 0.200. The number of nitrogens with zero attached hydrogens (tertiary/aromatic N) is 2. The number of nitro benzene ring substituents is 1. The van der Waals surface area contributed by atoms with Gasteiger partial charge in [0.15, 0.2) is 0 Å². The molecule has 0 atom stereocenters. The number of hydrogen-bond donors (Lipinski definition) is 1. The fourth-order valence-corrected chi connectivity index (χ4v) is 1.29. The number of nitro groups is 1. The van der Waals surface area contributed by atoms with Gasteiger partial charge in [-0.05, 0) is 19.1 Å². The van der Waals surface area contributed by atoms with Crippen molar-refractivity contribution in [3.63, 3.8) is 0 Å². The highest BCUT2D eigenvalue weighted by atomic mass is 35.5. The van der Waals surface area contributed by atoms with Crippen LogP contribution in [0.1, 0.15) is 12.5 Å². The van der Waals surface area contributed by atoms with Crippen molar-refractivity contribution < 1.29 is 14.5 Å². The van der Waals surface area contributed by atoms with E-state index in [4.69, 9.17) is 11.6 Å². The molecule has 0 aliphatic carbocycles. The van der Waals surface area contributed by atoms with Crippen molar-refractivity contribution in [2.75, 3.05) is 6.61 Å². The minimum absolute atomic E-state index is 0.159. The first kappa shape index (κ1) is 13.9. The van der Waals surface area contributed by atoms with Crippen LogP contribution in [-0.2, 0) is 4.74 Å². The molecule has 96 valence electrons. The smallest absolute Gasteiger partial charge is 0.427 e. The third kappa shape index (κ3) is 4.02. The second kappa shape index (κ2) is 6.55. The summed E-state index contributed by atoms with van der Waals surface area (Å²) in [6, 6.07) is 4.03. The summed E-state index contributed by atoms with van der Waals surface area (Å²) in [5, 5.41) is 14.6. The van der Waals surface area contributed by atoms with Gasteiger partial charge in [0.25, 0.3) is 5.69 Å². The standard InChI is InChI=1S/C10H10ClN3O4/c1-2-18-10(15)13-12-6-7-5-8(11)3-4-9(7)14(16)17/h3-6H,2H2,1H3,(H,13,15)/b12-6-. The number of benzene rings is 1. The highest BCUT2D eigenvalue weighted by Gasteiger charge is 2.12. The van der Waals surface area contributed by atoms with Gasteiger partial charge in [0.2, 0.25) is 0 Å². The van der Waals surface area contributed by atoms with Crippen LogP contribution >= 0.6 is 11.6 Å². The van der Waals surface area contributed by atoms with Gasteiger partial charge in [-0.1, -0.05) is 11.6 Å². The minimum atomic E-state index is -0.738. The van der Waals surface area contributed by atoms with E-state index in [1.165, 1.54) is 18.2 Å². The predicted octanol–water partition coefficient (Wildman–Crippen LogP) is 2.33. The van der Waals surface area contributed by atoms with E-state index in [0.29, 0.717) is 5.02 Å². The number of carbonyl (C=O) groups excluding carboxylic acids is 1. The van der Waals surface area contributed by atoms with Crippen molar-refractivity contribution in [2.45, 2.75) is 6.92 Å². The lowest BCUT2D eigenvalue weighted by Gasteiger charge is -2.00. The molecule has 0 saturated carbocycles. The van der Waals surface area contributed by atoms with Gasteiger partial charge in [-0.15, -0.1) is 0 Å². The maximum Gasteiger partial charge on any atom is 0.427 e. The molecule has 1 N–H and O–H groups in total. The Morgan fingerprint density at radius 3 is 3.00 bits per heavy atom. The van der Waals surface area contributed by atoms with Crippen LogP contribution in [0.25, 0.3) is 0 Å². The number of hydrazone groups is 1. The Hall–Kier alpha value is -2.15. The molecular formula is C10H10ClN3O4. The van der Waals surface area contributed by atoms with E-state index in [-0.39, 0.29) is 17.9 Å². The third-order valence-electron chi connectivity index (χ3n) is 1.82. The zero-order chi connectivity index (χ0) is 13.5. The van der Waals surface area contributed by atoms with E-state index >= 15 is 0 Å². The van der Waals surface area contributed by atoms with Gasteiger partial charge in [0.05, 0.1) is 23.3 Å². The Labute approximate surface area is 108 Å². The highest BCUT2D eigenvalue weighted by Crippen LogP contribution is 2.20. The molecule has 0 bridgehead atoms. The molecule has 1 aromatic carbocycles. The van der Waals surface area contributed by atoms with Crippen molar-refractivity contribution in [3.05, 3.63) is 38.9 Å². The molecule has 1 aromatic rings.